The van der Waals surface area contributed by atoms with Crippen molar-refractivity contribution in [3.63, 3.8) is 0 Å². The standard InChI is InChI=1S/C20H26O4/c1-3-5-6-15-7-9-16(10-8-15)20(22)24-18-13-11-17(12-14-18)23-19(21)4-2/h4,11-16H,2-3,5-10H2,1H3/t15-,16-. The van der Waals surface area contributed by atoms with Crippen molar-refractivity contribution in [2.75, 3.05) is 0 Å². The molecule has 0 spiro atoms. The van der Waals surface area contributed by atoms with Gasteiger partial charge in [0.2, 0.25) is 0 Å². The van der Waals surface area contributed by atoms with Crippen molar-refractivity contribution in [1.29, 1.82) is 0 Å². The first-order valence-corrected chi connectivity index (χ1v) is 8.78. The Morgan fingerprint density at radius 1 is 1.08 bits per heavy atom. The minimum absolute atomic E-state index is 0.00106. The van der Waals surface area contributed by atoms with Crippen LogP contribution in [0.3, 0.4) is 0 Å². The summed E-state index contributed by atoms with van der Waals surface area (Å²) < 4.78 is 10.4. The van der Waals surface area contributed by atoms with Crippen molar-refractivity contribution in [2.24, 2.45) is 11.8 Å². The SMILES string of the molecule is C=CC(=O)Oc1ccc(OC(=O)[C@H]2CC[C@H](CCCC)CC2)cc1. The van der Waals surface area contributed by atoms with Crippen LogP contribution in [0.25, 0.3) is 0 Å². The van der Waals surface area contributed by atoms with Gasteiger partial charge in [-0.3, -0.25) is 4.79 Å². The minimum atomic E-state index is -0.514. The number of hydrogen-bond donors (Lipinski definition) is 0. The molecule has 1 fully saturated rings. The van der Waals surface area contributed by atoms with Crippen molar-refractivity contribution in [3.8, 4) is 11.5 Å². The molecular weight excluding hydrogens is 304 g/mol. The molecule has 4 nitrogen and oxygen atoms in total. The molecule has 0 saturated heterocycles. The van der Waals surface area contributed by atoms with E-state index in [2.05, 4.69) is 13.5 Å². The zero-order valence-electron chi connectivity index (χ0n) is 14.3. The third kappa shape index (κ3) is 5.52. The molecular formula is C20H26O4. The molecule has 24 heavy (non-hydrogen) atoms. The molecule has 0 unspecified atom stereocenters. The fourth-order valence-corrected chi connectivity index (χ4v) is 3.11. The summed E-state index contributed by atoms with van der Waals surface area (Å²) in [5, 5.41) is 0. The van der Waals surface area contributed by atoms with Gasteiger partial charge in [0.05, 0.1) is 5.92 Å². The smallest absolute Gasteiger partial charge is 0.335 e. The predicted molar refractivity (Wildman–Crippen MR) is 92.9 cm³/mol. The van der Waals surface area contributed by atoms with Crippen molar-refractivity contribution in [1.82, 2.24) is 0 Å². The maximum Gasteiger partial charge on any atom is 0.335 e. The average Bonchev–Trinajstić information content (AvgIpc) is 2.61. The average molecular weight is 330 g/mol. The van der Waals surface area contributed by atoms with Crippen LogP contribution in [0.5, 0.6) is 11.5 Å². The van der Waals surface area contributed by atoms with Gasteiger partial charge in [0.25, 0.3) is 0 Å². The summed E-state index contributed by atoms with van der Waals surface area (Å²) >= 11 is 0. The number of carbonyl (C=O) groups is 2. The fraction of sp³-hybridized carbons (Fsp3) is 0.500. The highest BCUT2D eigenvalue weighted by atomic mass is 16.5. The number of hydrogen-bond acceptors (Lipinski definition) is 4. The molecule has 0 atom stereocenters. The summed E-state index contributed by atoms with van der Waals surface area (Å²) in [6.45, 7) is 5.56. The van der Waals surface area contributed by atoms with Gasteiger partial charge in [-0.25, -0.2) is 4.79 Å². The molecule has 1 aromatic carbocycles. The first kappa shape index (κ1) is 18.2. The zero-order valence-corrected chi connectivity index (χ0v) is 14.3. The van der Waals surface area contributed by atoms with E-state index < -0.39 is 5.97 Å². The lowest BCUT2D eigenvalue weighted by Crippen LogP contribution is -2.25. The van der Waals surface area contributed by atoms with Crippen molar-refractivity contribution >= 4 is 11.9 Å². The van der Waals surface area contributed by atoms with E-state index in [1.54, 1.807) is 24.3 Å². The second-order valence-electron chi connectivity index (χ2n) is 6.38. The maximum atomic E-state index is 12.3. The van der Waals surface area contributed by atoms with Gasteiger partial charge in [-0.05, 0) is 55.9 Å². The van der Waals surface area contributed by atoms with E-state index in [1.165, 1.54) is 19.3 Å². The number of unbranched alkanes of at least 4 members (excludes halogenated alkanes) is 1. The van der Waals surface area contributed by atoms with Gasteiger partial charge in [0.1, 0.15) is 11.5 Å². The molecule has 4 heteroatoms. The van der Waals surface area contributed by atoms with Crippen LogP contribution in [-0.2, 0) is 9.59 Å². The molecule has 1 aliphatic rings. The topological polar surface area (TPSA) is 52.6 Å². The lowest BCUT2D eigenvalue weighted by molar-refractivity contribution is -0.140. The summed E-state index contributed by atoms with van der Waals surface area (Å²) in [4.78, 5) is 23.4. The zero-order chi connectivity index (χ0) is 17.4. The van der Waals surface area contributed by atoms with Crippen molar-refractivity contribution in [2.45, 2.75) is 51.9 Å². The van der Waals surface area contributed by atoms with Gasteiger partial charge in [-0.15, -0.1) is 0 Å². The van der Waals surface area contributed by atoms with E-state index in [0.29, 0.717) is 11.5 Å². The second-order valence-corrected chi connectivity index (χ2v) is 6.38. The quantitative estimate of drug-likeness (QED) is 0.414. The molecule has 0 bridgehead atoms. The first-order chi connectivity index (χ1) is 11.6. The van der Waals surface area contributed by atoms with Crippen LogP contribution >= 0.6 is 0 Å². The Hall–Kier alpha value is -2.10. The number of benzene rings is 1. The van der Waals surface area contributed by atoms with Crippen LogP contribution in [0, 0.1) is 11.8 Å². The summed E-state index contributed by atoms with van der Waals surface area (Å²) in [5.41, 5.74) is 0. The Bertz CT molecular complexity index is 554. The van der Waals surface area contributed by atoms with E-state index >= 15 is 0 Å². The molecule has 0 N–H and O–H groups in total. The van der Waals surface area contributed by atoms with Gasteiger partial charge in [0.15, 0.2) is 0 Å². The van der Waals surface area contributed by atoms with Crippen LogP contribution in [0.4, 0.5) is 0 Å². The molecule has 1 aromatic rings. The second kappa shape index (κ2) is 9.26. The van der Waals surface area contributed by atoms with Crippen molar-refractivity contribution < 1.29 is 19.1 Å². The van der Waals surface area contributed by atoms with Gasteiger partial charge in [0, 0.05) is 6.08 Å². The minimum Gasteiger partial charge on any atom is -0.426 e. The third-order valence-corrected chi connectivity index (χ3v) is 4.57. The summed E-state index contributed by atoms with van der Waals surface area (Å²) in [7, 11) is 0. The highest BCUT2D eigenvalue weighted by Crippen LogP contribution is 2.33. The molecule has 0 aromatic heterocycles. The number of carbonyl (C=O) groups excluding carboxylic acids is 2. The largest absolute Gasteiger partial charge is 0.426 e. The van der Waals surface area contributed by atoms with Gasteiger partial charge >= 0.3 is 11.9 Å². The van der Waals surface area contributed by atoms with Crippen LogP contribution < -0.4 is 9.47 Å². The van der Waals surface area contributed by atoms with Gasteiger partial charge in [-0.2, -0.15) is 0 Å². The highest BCUT2D eigenvalue weighted by molar-refractivity contribution is 5.83. The van der Waals surface area contributed by atoms with Crippen LogP contribution in [-0.4, -0.2) is 11.9 Å². The monoisotopic (exact) mass is 330 g/mol. The first-order valence-electron chi connectivity index (χ1n) is 8.78. The van der Waals surface area contributed by atoms with Crippen LogP contribution in [0.1, 0.15) is 51.9 Å². The Labute approximate surface area is 143 Å². The van der Waals surface area contributed by atoms with E-state index in [9.17, 15) is 9.59 Å². The summed E-state index contributed by atoms with van der Waals surface area (Å²) in [5.74, 6) is 0.982. The maximum absolute atomic E-state index is 12.3. The Kier molecular flexibility index (Phi) is 7.04. The van der Waals surface area contributed by atoms with E-state index in [-0.39, 0.29) is 11.9 Å². The molecule has 130 valence electrons. The summed E-state index contributed by atoms with van der Waals surface area (Å²) in [6.07, 6.45) is 8.98. The lowest BCUT2D eigenvalue weighted by Gasteiger charge is -2.27. The van der Waals surface area contributed by atoms with Crippen LogP contribution in [0.2, 0.25) is 0 Å². The molecule has 0 heterocycles. The molecule has 1 saturated carbocycles. The number of rotatable bonds is 7. The van der Waals surface area contributed by atoms with E-state index in [1.807, 2.05) is 0 Å². The predicted octanol–water partition coefficient (Wildman–Crippen LogP) is 4.68. The number of ether oxygens (including phenoxy) is 2. The van der Waals surface area contributed by atoms with E-state index in [0.717, 1.165) is 37.7 Å². The Morgan fingerprint density at radius 2 is 1.67 bits per heavy atom. The van der Waals surface area contributed by atoms with Gasteiger partial charge < -0.3 is 9.47 Å². The molecule has 2 rings (SSSR count). The molecule has 0 aliphatic heterocycles. The Morgan fingerprint density at radius 3 is 2.21 bits per heavy atom. The summed E-state index contributed by atoms with van der Waals surface area (Å²) in [6, 6.07) is 6.48. The molecule has 1 aliphatic carbocycles. The van der Waals surface area contributed by atoms with Gasteiger partial charge in [-0.1, -0.05) is 32.8 Å². The van der Waals surface area contributed by atoms with Crippen LogP contribution in [0.15, 0.2) is 36.9 Å². The highest BCUT2D eigenvalue weighted by Gasteiger charge is 2.27. The Balaban J connectivity index is 1.80. The fourth-order valence-electron chi connectivity index (χ4n) is 3.11. The molecule has 0 amide bonds. The third-order valence-electron chi connectivity index (χ3n) is 4.57. The van der Waals surface area contributed by atoms with Crippen molar-refractivity contribution in [3.05, 3.63) is 36.9 Å². The molecule has 0 radical (unpaired) electrons. The normalized spacial score (nSPS) is 20.2. The van der Waals surface area contributed by atoms with E-state index in [4.69, 9.17) is 9.47 Å². The number of esters is 2. The lowest BCUT2D eigenvalue weighted by atomic mass is 9.80.